The molecule has 1 aromatic rings. The number of amides is 1. The second-order valence-corrected chi connectivity index (χ2v) is 6.27. The summed E-state index contributed by atoms with van der Waals surface area (Å²) in [6.45, 7) is 5.48. The van der Waals surface area contributed by atoms with E-state index in [0.717, 1.165) is 15.6 Å². The van der Waals surface area contributed by atoms with Gasteiger partial charge in [0, 0.05) is 10.5 Å². The van der Waals surface area contributed by atoms with Gasteiger partial charge in [0.1, 0.15) is 6.61 Å². The lowest BCUT2D eigenvalue weighted by Crippen LogP contribution is -2.54. The molecule has 0 aromatic heterocycles. The number of hydrogen-bond acceptors (Lipinski definition) is 3. The maximum absolute atomic E-state index is 12.1. The highest BCUT2D eigenvalue weighted by Crippen LogP contribution is 2.33. The monoisotopic (exact) mass is 355 g/mol. The largest absolute Gasteiger partial charge is 0.479 e. The highest BCUT2D eigenvalue weighted by Gasteiger charge is 2.42. The second-order valence-electron chi connectivity index (χ2n) is 5.42. The van der Waals surface area contributed by atoms with Gasteiger partial charge in [-0.2, -0.15) is 0 Å². The van der Waals surface area contributed by atoms with Crippen LogP contribution >= 0.6 is 15.9 Å². The Kier molecular flexibility index (Phi) is 4.68. The van der Waals surface area contributed by atoms with Gasteiger partial charge in [-0.3, -0.25) is 4.79 Å². The molecule has 21 heavy (non-hydrogen) atoms. The first kappa shape index (κ1) is 16.0. The van der Waals surface area contributed by atoms with Gasteiger partial charge >= 0.3 is 5.97 Å². The second kappa shape index (κ2) is 6.15. The molecule has 0 bridgehead atoms. The molecular formula is C15H18BrNO4. The Bertz CT molecular complexity index is 573. The summed E-state index contributed by atoms with van der Waals surface area (Å²) in [5.74, 6) is -1.24. The molecule has 2 atom stereocenters. The number of aryl methyl sites for hydroxylation is 1. The fourth-order valence-corrected chi connectivity index (χ4v) is 2.88. The van der Waals surface area contributed by atoms with Gasteiger partial charge in [-0.25, -0.2) is 4.79 Å². The van der Waals surface area contributed by atoms with Crippen LogP contribution in [-0.4, -0.2) is 40.6 Å². The van der Waals surface area contributed by atoms with E-state index in [2.05, 4.69) is 15.9 Å². The molecule has 1 saturated heterocycles. The van der Waals surface area contributed by atoms with E-state index >= 15 is 0 Å². The third-order valence-electron chi connectivity index (χ3n) is 3.58. The van der Waals surface area contributed by atoms with Crippen LogP contribution in [0.15, 0.2) is 22.7 Å². The molecule has 5 nitrogen and oxygen atoms in total. The first-order valence-electron chi connectivity index (χ1n) is 6.74. The summed E-state index contributed by atoms with van der Waals surface area (Å²) in [5, 5.41) is 9.41. The van der Waals surface area contributed by atoms with E-state index in [4.69, 9.17) is 4.74 Å². The van der Waals surface area contributed by atoms with E-state index in [0.29, 0.717) is 0 Å². The van der Waals surface area contributed by atoms with Crippen LogP contribution in [0.3, 0.4) is 0 Å². The average molecular weight is 356 g/mol. The summed E-state index contributed by atoms with van der Waals surface area (Å²) >= 11 is 3.43. The zero-order valence-electron chi connectivity index (χ0n) is 12.2. The highest BCUT2D eigenvalue weighted by atomic mass is 79.9. The highest BCUT2D eigenvalue weighted by molar-refractivity contribution is 9.10. The Morgan fingerprint density at radius 2 is 2.14 bits per heavy atom. The average Bonchev–Trinajstić information content (AvgIpc) is 2.40. The van der Waals surface area contributed by atoms with Crippen LogP contribution in [0, 0.1) is 6.92 Å². The van der Waals surface area contributed by atoms with Gasteiger partial charge in [0.25, 0.3) is 0 Å². The third kappa shape index (κ3) is 3.11. The number of ether oxygens (including phenoxy) is 1. The quantitative estimate of drug-likeness (QED) is 0.904. The Hall–Kier alpha value is -1.40. The summed E-state index contributed by atoms with van der Waals surface area (Å²) in [6, 6.07) is 4.87. The maximum Gasteiger partial charge on any atom is 0.335 e. The van der Waals surface area contributed by atoms with E-state index in [9.17, 15) is 14.7 Å². The van der Waals surface area contributed by atoms with Crippen LogP contribution in [0.5, 0.6) is 0 Å². The smallest absolute Gasteiger partial charge is 0.335 e. The molecule has 2 rings (SSSR count). The molecule has 0 spiro atoms. The molecule has 1 aliphatic heterocycles. The van der Waals surface area contributed by atoms with Crippen molar-refractivity contribution in [2.24, 2.45) is 0 Å². The predicted molar refractivity (Wildman–Crippen MR) is 81.0 cm³/mol. The molecule has 0 aliphatic carbocycles. The summed E-state index contributed by atoms with van der Waals surface area (Å²) in [5.41, 5.74) is 1.75. The van der Waals surface area contributed by atoms with Crippen LogP contribution in [0.4, 0.5) is 0 Å². The van der Waals surface area contributed by atoms with Crippen molar-refractivity contribution in [1.82, 2.24) is 4.90 Å². The minimum absolute atomic E-state index is 0.0998. The van der Waals surface area contributed by atoms with Gasteiger partial charge in [-0.05, 0) is 38.0 Å². The van der Waals surface area contributed by atoms with Gasteiger partial charge in [0.2, 0.25) is 5.91 Å². The number of nitrogens with zero attached hydrogens (tertiary/aromatic N) is 1. The fraction of sp³-hybridized carbons (Fsp3) is 0.467. The van der Waals surface area contributed by atoms with Crippen molar-refractivity contribution in [3.05, 3.63) is 33.8 Å². The number of aliphatic carboxylic acids is 1. The van der Waals surface area contributed by atoms with Crippen molar-refractivity contribution in [3.63, 3.8) is 0 Å². The number of carboxylic acid groups (broad SMARTS) is 1. The van der Waals surface area contributed by atoms with Gasteiger partial charge < -0.3 is 14.7 Å². The molecular weight excluding hydrogens is 338 g/mol. The van der Waals surface area contributed by atoms with E-state index in [1.807, 2.05) is 39.0 Å². The topological polar surface area (TPSA) is 66.8 Å². The zero-order valence-corrected chi connectivity index (χ0v) is 13.8. The molecule has 114 valence electrons. The lowest BCUT2D eigenvalue weighted by Gasteiger charge is -2.42. The summed E-state index contributed by atoms with van der Waals surface area (Å²) in [7, 11) is 0. The number of carbonyl (C=O) groups is 2. The number of carbonyl (C=O) groups excluding carboxylic acids is 1. The van der Waals surface area contributed by atoms with Crippen molar-refractivity contribution in [2.45, 2.75) is 39.0 Å². The van der Waals surface area contributed by atoms with Gasteiger partial charge in [0.05, 0.1) is 6.04 Å². The molecule has 1 N–H and O–H groups in total. The van der Waals surface area contributed by atoms with Crippen molar-refractivity contribution in [2.75, 3.05) is 6.61 Å². The van der Waals surface area contributed by atoms with E-state index in [-0.39, 0.29) is 18.6 Å². The Morgan fingerprint density at radius 3 is 2.67 bits per heavy atom. The third-order valence-corrected chi connectivity index (χ3v) is 4.47. The van der Waals surface area contributed by atoms with Crippen molar-refractivity contribution in [3.8, 4) is 0 Å². The van der Waals surface area contributed by atoms with Gasteiger partial charge in [-0.15, -0.1) is 0 Å². The summed E-state index contributed by atoms with van der Waals surface area (Å²) < 4.78 is 6.21. The van der Waals surface area contributed by atoms with E-state index < -0.39 is 18.1 Å². The number of carboxylic acids is 1. The SMILES string of the molecule is Cc1cc(C2C(C(=O)O)OCC(=O)N2C(C)C)ccc1Br. The molecule has 1 fully saturated rings. The van der Waals surface area contributed by atoms with E-state index in [1.54, 1.807) is 4.90 Å². The Labute approximate surface area is 132 Å². The standard InChI is InChI=1S/C15H18BrNO4/c1-8(2)17-12(18)7-21-14(15(19)20)13(17)10-4-5-11(16)9(3)6-10/h4-6,8,13-14H,7H2,1-3H3,(H,19,20). The van der Waals surface area contributed by atoms with Crippen LogP contribution in [-0.2, 0) is 14.3 Å². The number of rotatable bonds is 3. The van der Waals surface area contributed by atoms with Gasteiger partial charge in [-0.1, -0.05) is 28.1 Å². The number of hydrogen-bond donors (Lipinski definition) is 1. The van der Waals surface area contributed by atoms with Gasteiger partial charge in [0.15, 0.2) is 6.10 Å². The minimum atomic E-state index is -1.06. The lowest BCUT2D eigenvalue weighted by atomic mass is 9.95. The molecule has 0 saturated carbocycles. The van der Waals surface area contributed by atoms with Crippen LogP contribution in [0.25, 0.3) is 0 Å². The molecule has 6 heteroatoms. The number of benzene rings is 1. The maximum atomic E-state index is 12.1. The number of morpholine rings is 1. The predicted octanol–water partition coefficient (Wildman–Crippen LogP) is 2.52. The molecule has 1 heterocycles. The molecule has 1 aliphatic rings. The molecule has 0 radical (unpaired) electrons. The fourth-order valence-electron chi connectivity index (χ4n) is 2.63. The van der Waals surface area contributed by atoms with Crippen LogP contribution in [0.1, 0.15) is 31.0 Å². The van der Waals surface area contributed by atoms with Crippen LogP contribution in [0.2, 0.25) is 0 Å². The van der Waals surface area contributed by atoms with Crippen molar-refractivity contribution >= 4 is 27.8 Å². The minimum Gasteiger partial charge on any atom is -0.479 e. The van der Waals surface area contributed by atoms with Crippen molar-refractivity contribution in [1.29, 1.82) is 0 Å². The lowest BCUT2D eigenvalue weighted by molar-refractivity contribution is -0.175. The Morgan fingerprint density at radius 1 is 1.48 bits per heavy atom. The normalized spacial score (nSPS) is 22.7. The first-order chi connectivity index (χ1) is 9.82. The molecule has 2 unspecified atom stereocenters. The van der Waals surface area contributed by atoms with E-state index in [1.165, 1.54) is 0 Å². The molecule has 1 amide bonds. The van der Waals surface area contributed by atoms with Crippen LogP contribution < -0.4 is 0 Å². The zero-order chi connectivity index (χ0) is 15.7. The Balaban J connectivity index is 2.51. The van der Waals surface area contributed by atoms with Crippen molar-refractivity contribution < 1.29 is 19.4 Å². The summed E-state index contributed by atoms with van der Waals surface area (Å²) in [4.78, 5) is 25.2. The molecule has 1 aromatic carbocycles. The first-order valence-corrected chi connectivity index (χ1v) is 7.54. The summed E-state index contributed by atoms with van der Waals surface area (Å²) in [6.07, 6.45) is -1.05. The number of halogens is 1.